The third kappa shape index (κ3) is 3.33. The van der Waals surface area contributed by atoms with E-state index in [2.05, 4.69) is 36.0 Å². The fourth-order valence-electron chi connectivity index (χ4n) is 3.61. The van der Waals surface area contributed by atoms with E-state index in [1.807, 2.05) is 6.92 Å². The Morgan fingerprint density at radius 1 is 1.06 bits per heavy atom. The second-order valence-electron chi connectivity index (χ2n) is 7.28. The summed E-state index contributed by atoms with van der Waals surface area (Å²) in [5.41, 5.74) is 2.42. The van der Waals surface area contributed by atoms with Crippen LogP contribution in [0.15, 0.2) is 64.4 Å². The summed E-state index contributed by atoms with van der Waals surface area (Å²) in [6.45, 7) is 1.99. The Hall–Kier alpha value is -3.31. The molecule has 3 aromatic heterocycles. The van der Waals surface area contributed by atoms with Crippen LogP contribution < -0.4 is 4.31 Å². The summed E-state index contributed by atoms with van der Waals surface area (Å²) in [5.74, 6) is 0.327. The van der Waals surface area contributed by atoms with Crippen LogP contribution in [0, 0.1) is 6.92 Å². The summed E-state index contributed by atoms with van der Waals surface area (Å²) >= 11 is 3.29. The number of hydrogen-bond donors (Lipinski definition) is 1. The number of hydrogen-bond acceptors (Lipinski definition) is 7. The summed E-state index contributed by atoms with van der Waals surface area (Å²) in [6, 6.07) is 10.1. The van der Waals surface area contributed by atoms with Crippen molar-refractivity contribution < 1.29 is 13.5 Å². The Kier molecular flexibility index (Phi) is 4.94. The topological polar surface area (TPSA) is 114 Å². The number of pyridine rings is 1. The van der Waals surface area contributed by atoms with E-state index in [0.29, 0.717) is 21.3 Å². The molecule has 1 aliphatic rings. The molecule has 0 amide bonds. The first-order valence-electron chi connectivity index (χ1n) is 9.70. The van der Waals surface area contributed by atoms with Crippen LogP contribution >= 0.6 is 15.9 Å². The number of aryl methyl sites for hydroxylation is 1. The van der Waals surface area contributed by atoms with Gasteiger partial charge in [0.05, 0.1) is 9.37 Å². The summed E-state index contributed by atoms with van der Waals surface area (Å²) in [7, 11) is -3.87. The largest absolute Gasteiger partial charge is 0.493 e. The fourth-order valence-corrected chi connectivity index (χ4v) is 5.26. The quantitative estimate of drug-likeness (QED) is 0.447. The van der Waals surface area contributed by atoms with Gasteiger partial charge in [-0.05, 0) is 53.5 Å². The molecule has 1 aliphatic heterocycles. The van der Waals surface area contributed by atoms with E-state index in [1.165, 1.54) is 15.2 Å². The van der Waals surface area contributed by atoms with Crippen molar-refractivity contribution in [3.63, 3.8) is 0 Å². The number of sulfonamides is 1. The van der Waals surface area contributed by atoms with E-state index in [0.717, 1.165) is 5.56 Å². The maximum absolute atomic E-state index is 13.5. The first-order chi connectivity index (χ1) is 15.4. The molecule has 0 radical (unpaired) electrons. The van der Waals surface area contributed by atoms with Crippen molar-refractivity contribution in [2.24, 2.45) is 0 Å². The minimum Gasteiger partial charge on any atom is -0.493 e. The van der Waals surface area contributed by atoms with Crippen LogP contribution in [-0.4, -0.2) is 44.8 Å². The van der Waals surface area contributed by atoms with Crippen molar-refractivity contribution in [2.45, 2.75) is 18.2 Å². The monoisotopic (exact) mass is 512 g/mol. The standard InChI is InChI=1S/C21H17BrN6O3S/c1-13-4-6-15(7-5-13)32(30,31)27-10-8-17-18(16-3-2-9-23-19(16)27)26-28(20(17)29)21-24-11-14(22)12-25-21/h2-7,9,11-12,29H,8,10H2,1H3. The lowest BCUT2D eigenvalue weighted by molar-refractivity contribution is 0.424. The van der Waals surface area contributed by atoms with Gasteiger partial charge in [-0.2, -0.15) is 9.78 Å². The molecule has 11 heteroatoms. The molecule has 1 N–H and O–H groups in total. The molecule has 0 atom stereocenters. The summed E-state index contributed by atoms with van der Waals surface area (Å²) in [5, 5.41) is 15.4. The van der Waals surface area contributed by atoms with Gasteiger partial charge in [-0.15, -0.1) is 0 Å². The minimum atomic E-state index is -3.87. The van der Waals surface area contributed by atoms with Gasteiger partial charge in [0.2, 0.25) is 5.88 Å². The Bertz CT molecular complexity index is 1420. The van der Waals surface area contributed by atoms with Gasteiger partial charge in [0.15, 0.2) is 5.82 Å². The molecule has 32 heavy (non-hydrogen) atoms. The third-order valence-corrected chi connectivity index (χ3v) is 7.42. The predicted molar refractivity (Wildman–Crippen MR) is 121 cm³/mol. The molecular formula is C21H17BrN6O3S. The smallest absolute Gasteiger partial charge is 0.265 e. The highest BCUT2D eigenvalue weighted by Gasteiger charge is 2.34. The van der Waals surface area contributed by atoms with Crippen molar-refractivity contribution in [3.05, 3.63) is 70.6 Å². The number of nitrogens with zero attached hydrogens (tertiary/aromatic N) is 6. The Morgan fingerprint density at radius 3 is 2.50 bits per heavy atom. The maximum Gasteiger partial charge on any atom is 0.265 e. The van der Waals surface area contributed by atoms with E-state index in [9.17, 15) is 13.5 Å². The number of halogens is 1. The van der Waals surface area contributed by atoms with Crippen molar-refractivity contribution >= 4 is 31.8 Å². The van der Waals surface area contributed by atoms with Crippen LogP contribution in [0.4, 0.5) is 5.82 Å². The van der Waals surface area contributed by atoms with Gasteiger partial charge in [0, 0.05) is 36.3 Å². The van der Waals surface area contributed by atoms with Crippen LogP contribution in [0.3, 0.4) is 0 Å². The highest BCUT2D eigenvalue weighted by molar-refractivity contribution is 9.10. The van der Waals surface area contributed by atoms with Crippen molar-refractivity contribution in [2.75, 3.05) is 10.8 Å². The van der Waals surface area contributed by atoms with Gasteiger partial charge < -0.3 is 5.11 Å². The molecule has 0 bridgehead atoms. The number of benzene rings is 1. The molecule has 0 unspecified atom stereocenters. The molecule has 9 nitrogen and oxygen atoms in total. The highest BCUT2D eigenvalue weighted by atomic mass is 79.9. The molecule has 4 heterocycles. The van der Waals surface area contributed by atoms with Gasteiger partial charge >= 0.3 is 0 Å². The minimum absolute atomic E-state index is 0.0909. The number of fused-ring (bicyclic) bond motifs is 3. The molecule has 0 spiro atoms. The predicted octanol–water partition coefficient (Wildman–Crippen LogP) is 3.25. The van der Waals surface area contributed by atoms with Gasteiger partial charge in [-0.25, -0.2) is 27.7 Å². The van der Waals surface area contributed by atoms with E-state index in [4.69, 9.17) is 0 Å². The molecule has 1 aromatic carbocycles. The van der Waals surface area contributed by atoms with Crippen molar-refractivity contribution in [1.29, 1.82) is 0 Å². The van der Waals surface area contributed by atoms with E-state index in [1.54, 1.807) is 48.8 Å². The summed E-state index contributed by atoms with van der Waals surface area (Å²) in [4.78, 5) is 12.9. The van der Waals surface area contributed by atoms with Crippen LogP contribution in [-0.2, 0) is 16.4 Å². The number of rotatable bonds is 3. The molecule has 5 rings (SSSR count). The lowest BCUT2D eigenvalue weighted by atomic mass is 10.1. The third-order valence-electron chi connectivity index (χ3n) is 5.20. The Morgan fingerprint density at radius 2 is 1.78 bits per heavy atom. The SMILES string of the molecule is Cc1ccc(S(=O)(=O)N2CCc3c(nn(-c4ncc(Br)cn4)c3O)-c3cccnc32)cc1. The van der Waals surface area contributed by atoms with Gasteiger partial charge in [0.25, 0.3) is 16.0 Å². The summed E-state index contributed by atoms with van der Waals surface area (Å²) < 4.78 is 30.1. The first kappa shape index (κ1) is 20.6. The lowest BCUT2D eigenvalue weighted by Crippen LogP contribution is -2.33. The number of anilines is 1. The maximum atomic E-state index is 13.5. The number of aromatic hydroxyl groups is 1. The average Bonchev–Trinajstić information content (AvgIpc) is 3.01. The van der Waals surface area contributed by atoms with Crippen molar-refractivity contribution in [1.82, 2.24) is 24.7 Å². The second-order valence-corrected chi connectivity index (χ2v) is 10.1. The van der Waals surface area contributed by atoms with Gasteiger partial charge in [-0.1, -0.05) is 17.7 Å². The summed E-state index contributed by atoms with van der Waals surface area (Å²) in [6.07, 6.45) is 4.88. The average molecular weight is 513 g/mol. The van der Waals surface area contributed by atoms with E-state index in [-0.39, 0.29) is 35.5 Å². The zero-order valence-corrected chi connectivity index (χ0v) is 19.2. The molecule has 4 aromatic rings. The van der Waals surface area contributed by atoms with Crippen LogP contribution in [0.1, 0.15) is 11.1 Å². The van der Waals surface area contributed by atoms with Crippen LogP contribution in [0.2, 0.25) is 0 Å². The highest BCUT2D eigenvalue weighted by Crippen LogP contribution is 2.40. The lowest BCUT2D eigenvalue weighted by Gasteiger charge is -2.23. The van der Waals surface area contributed by atoms with Crippen LogP contribution in [0.25, 0.3) is 17.2 Å². The van der Waals surface area contributed by atoms with Crippen molar-refractivity contribution in [3.8, 4) is 23.1 Å². The zero-order valence-electron chi connectivity index (χ0n) is 16.8. The van der Waals surface area contributed by atoms with E-state index >= 15 is 0 Å². The molecule has 0 fully saturated rings. The van der Waals surface area contributed by atoms with Gasteiger partial charge in [-0.3, -0.25) is 0 Å². The molecule has 0 saturated carbocycles. The van der Waals surface area contributed by atoms with E-state index < -0.39 is 10.0 Å². The molecular weight excluding hydrogens is 496 g/mol. The zero-order chi connectivity index (χ0) is 22.5. The van der Waals surface area contributed by atoms with Gasteiger partial charge in [0.1, 0.15) is 5.69 Å². The molecule has 0 saturated heterocycles. The first-order valence-corrected chi connectivity index (χ1v) is 11.9. The molecule has 0 aliphatic carbocycles. The second kappa shape index (κ2) is 7.68. The Balaban J connectivity index is 1.65. The fraction of sp³-hybridized carbons (Fsp3) is 0.143. The number of aromatic nitrogens is 5. The van der Waals surface area contributed by atoms with Crippen LogP contribution in [0.5, 0.6) is 5.88 Å². The normalized spacial score (nSPS) is 13.4. The molecule has 162 valence electrons. The Labute approximate surface area is 192 Å².